The number of halogens is 1. The highest BCUT2D eigenvalue weighted by Gasteiger charge is 2.28. The van der Waals surface area contributed by atoms with Crippen molar-refractivity contribution in [2.75, 3.05) is 39.3 Å². The average Bonchev–Trinajstić information content (AvgIpc) is 2.73. The minimum atomic E-state index is 0. The Morgan fingerprint density at radius 2 is 1.46 bits per heavy atom. The largest absolute Gasteiger partial charge is 0.339 e. The maximum absolute atomic E-state index is 12.7. The van der Waals surface area contributed by atoms with Crippen LogP contribution in [0.4, 0.5) is 0 Å². The van der Waals surface area contributed by atoms with E-state index in [1.54, 1.807) is 0 Å². The van der Waals surface area contributed by atoms with Gasteiger partial charge in [-0.2, -0.15) is 0 Å². The first-order valence-electron chi connectivity index (χ1n) is 11.4. The average molecular weight is 414 g/mol. The van der Waals surface area contributed by atoms with Crippen molar-refractivity contribution in [3.8, 4) is 0 Å². The fourth-order valence-corrected chi connectivity index (χ4v) is 5.15. The molecule has 2 aliphatic heterocycles. The van der Waals surface area contributed by atoms with E-state index in [4.69, 9.17) is 0 Å². The molecule has 3 fully saturated rings. The van der Waals surface area contributed by atoms with Gasteiger partial charge < -0.3 is 15.1 Å². The summed E-state index contributed by atoms with van der Waals surface area (Å²) in [7, 11) is 0. The van der Waals surface area contributed by atoms with E-state index >= 15 is 0 Å². The van der Waals surface area contributed by atoms with Crippen LogP contribution in [0.1, 0.15) is 71.1 Å². The standard InChI is InChI=1S/C22H39N3O2.ClH/c1-18(20-9-11-23-12-10-20)17-22(27)25-15-13-24(14-16-25)21(26)8-7-19-5-3-2-4-6-19;/h18-20,23H,2-17H2,1H3;1H. The maximum Gasteiger partial charge on any atom is 0.222 e. The first-order chi connectivity index (χ1) is 13.1. The van der Waals surface area contributed by atoms with Crippen molar-refractivity contribution in [2.24, 2.45) is 17.8 Å². The molecule has 1 saturated carbocycles. The molecular formula is C22H40ClN3O2. The molecule has 0 aromatic carbocycles. The highest BCUT2D eigenvalue weighted by atomic mass is 35.5. The first kappa shape index (κ1) is 23.5. The summed E-state index contributed by atoms with van der Waals surface area (Å²) < 4.78 is 0. The number of hydrogen-bond acceptors (Lipinski definition) is 3. The van der Waals surface area contributed by atoms with Crippen LogP contribution in [0.25, 0.3) is 0 Å². The zero-order valence-electron chi connectivity index (χ0n) is 17.7. The third-order valence-corrected chi connectivity index (χ3v) is 7.16. The lowest BCUT2D eigenvalue weighted by Gasteiger charge is -2.36. The van der Waals surface area contributed by atoms with E-state index in [1.807, 2.05) is 9.80 Å². The molecule has 0 radical (unpaired) electrons. The van der Waals surface area contributed by atoms with E-state index in [9.17, 15) is 9.59 Å². The van der Waals surface area contributed by atoms with Crippen LogP contribution in [-0.4, -0.2) is 60.9 Å². The third-order valence-electron chi connectivity index (χ3n) is 7.16. The van der Waals surface area contributed by atoms with Gasteiger partial charge in [-0.25, -0.2) is 0 Å². The Kier molecular flexibility index (Phi) is 10.1. The number of rotatable bonds is 6. The first-order valence-corrected chi connectivity index (χ1v) is 11.4. The molecule has 3 aliphatic rings. The van der Waals surface area contributed by atoms with Gasteiger partial charge in [-0.3, -0.25) is 9.59 Å². The third kappa shape index (κ3) is 6.91. The zero-order valence-corrected chi connectivity index (χ0v) is 18.5. The molecule has 2 amide bonds. The predicted octanol–water partition coefficient (Wildman–Crippen LogP) is 3.47. The van der Waals surface area contributed by atoms with Crippen molar-refractivity contribution >= 4 is 24.2 Å². The van der Waals surface area contributed by atoms with Gasteiger partial charge in [-0.05, 0) is 50.1 Å². The Morgan fingerprint density at radius 1 is 0.893 bits per heavy atom. The summed E-state index contributed by atoms with van der Waals surface area (Å²) in [5.74, 6) is 2.50. The Hall–Kier alpha value is -0.810. The zero-order chi connectivity index (χ0) is 19.1. The maximum atomic E-state index is 12.7. The number of piperidine rings is 1. The number of hydrogen-bond donors (Lipinski definition) is 1. The SMILES string of the molecule is CC(CC(=O)N1CCN(C(=O)CCC2CCCCC2)CC1)C1CCNCC1.Cl. The van der Waals surface area contributed by atoms with E-state index in [0.717, 1.165) is 38.5 Å². The van der Waals surface area contributed by atoms with Crippen LogP contribution in [0.2, 0.25) is 0 Å². The lowest BCUT2D eigenvalue weighted by molar-refractivity contribution is -0.140. The summed E-state index contributed by atoms with van der Waals surface area (Å²) in [5.41, 5.74) is 0. The van der Waals surface area contributed by atoms with Crippen molar-refractivity contribution in [3.63, 3.8) is 0 Å². The Bertz CT molecular complexity index is 482. The van der Waals surface area contributed by atoms with Crippen molar-refractivity contribution in [2.45, 2.75) is 71.1 Å². The van der Waals surface area contributed by atoms with Crippen LogP contribution < -0.4 is 5.32 Å². The molecule has 0 spiro atoms. The molecule has 2 heterocycles. The number of carbonyl (C=O) groups is 2. The van der Waals surface area contributed by atoms with Gasteiger partial charge in [0.05, 0.1) is 0 Å². The van der Waals surface area contributed by atoms with Crippen LogP contribution in [0.3, 0.4) is 0 Å². The van der Waals surface area contributed by atoms with E-state index in [0.29, 0.717) is 43.7 Å². The van der Waals surface area contributed by atoms with Crippen LogP contribution in [0.5, 0.6) is 0 Å². The van der Waals surface area contributed by atoms with Gasteiger partial charge in [0.25, 0.3) is 0 Å². The number of nitrogens with one attached hydrogen (secondary N) is 1. The molecule has 5 nitrogen and oxygen atoms in total. The normalized spacial score (nSPS) is 23.2. The van der Waals surface area contributed by atoms with Crippen molar-refractivity contribution in [1.82, 2.24) is 15.1 Å². The smallest absolute Gasteiger partial charge is 0.222 e. The summed E-state index contributed by atoms with van der Waals surface area (Å²) in [4.78, 5) is 29.2. The minimum absolute atomic E-state index is 0. The molecule has 3 rings (SSSR count). The van der Waals surface area contributed by atoms with Crippen LogP contribution >= 0.6 is 12.4 Å². The van der Waals surface area contributed by atoms with Crippen molar-refractivity contribution in [3.05, 3.63) is 0 Å². The van der Waals surface area contributed by atoms with E-state index in [1.165, 1.54) is 44.9 Å². The van der Waals surface area contributed by atoms with Gasteiger partial charge in [0.2, 0.25) is 11.8 Å². The molecule has 0 aromatic heterocycles. The highest BCUT2D eigenvalue weighted by Crippen LogP contribution is 2.28. The molecule has 6 heteroatoms. The van der Waals surface area contributed by atoms with Crippen LogP contribution in [-0.2, 0) is 9.59 Å². The van der Waals surface area contributed by atoms with Gasteiger partial charge in [-0.15, -0.1) is 12.4 Å². The fraction of sp³-hybridized carbons (Fsp3) is 0.909. The summed E-state index contributed by atoms with van der Waals surface area (Å²) in [6.07, 6.45) is 11.5. The lowest BCUT2D eigenvalue weighted by atomic mass is 9.84. The van der Waals surface area contributed by atoms with Crippen LogP contribution in [0, 0.1) is 17.8 Å². The van der Waals surface area contributed by atoms with E-state index < -0.39 is 0 Å². The molecule has 1 atom stereocenters. The highest BCUT2D eigenvalue weighted by molar-refractivity contribution is 5.85. The van der Waals surface area contributed by atoms with E-state index in [2.05, 4.69) is 12.2 Å². The number of amides is 2. The predicted molar refractivity (Wildman–Crippen MR) is 116 cm³/mol. The molecule has 0 bridgehead atoms. The summed E-state index contributed by atoms with van der Waals surface area (Å²) in [5, 5.41) is 3.40. The molecule has 1 unspecified atom stereocenters. The second-order valence-electron chi connectivity index (χ2n) is 9.07. The molecule has 0 aromatic rings. The monoisotopic (exact) mass is 413 g/mol. The number of nitrogens with zero attached hydrogens (tertiary/aromatic N) is 2. The van der Waals surface area contributed by atoms with Crippen molar-refractivity contribution in [1.29, 1.82) is 0 Å². The van der Waals surface area contributed by atoms with Crippen LogP contribution in [0.15, 0.2) is 0 Å². The van der Waals surface area contributed by atoms with Gasteiger partial charge in [0.1, 0.15) is 0 Å². The minimum Gasteiger partial charge on any atom is -0.339 e. The van der Waals surface area contributed by atoms with E-state index in [-0.39, 0.29) is 18.3 Å². The molecular weight excluding hydrogens is 374 g/mol. The lowest BCUT2D eigenvalue weighted by Crippen LogP contribution is -2.51. The molecule has 162 valence electrons. The Labute approximate surface area is 177 Å². The molecule has 28 heavy (non-hydrogen) atoms. The Balaban J connectivity index is 0.00000280. The fourth-order valence-electron chi connectivity index (χ4n) is 5.15. The topological polar surface area (TPSA) is 52.7 Å². The van der Waals surface area contributed by atoms with Gasteiger partial charge >= 0.3 is 0 Å². The summed E-state index contributed by atoms with van der Waals surface area (Å²) >= 11 is 0. The quantitative estimate of drug-likeness (QED) is 0.725. The van der Waals surface area contributed by atoms with Gasteiger partial charge in [0, 0.05) is 39.0 Å². The Morgan fingerprint density at radius 3 is 2.07 bits per heavy atom. The van der Waals surface area contributed by atoms with Gasteiger partial charge in [0.15, 0.2) is 0 Å². The van der Waals surface area contributed by atoms with Crippen molar-refractivity contribution < 1.29 is 9.59 Å². The second-order valence-corrected chi connectivity index (χ2v) is 9.07. The summed E-state index contributed by atoms with van der Waals surface area (Å²) in [6, 6.07) is 0. The summed E-state index contributed by atoms with van der Waals surface area (Å²) in [6.45, 7) is 7.28. The molecule has 2 saturated heterocycles. The van der Waals surface area contributed by atoms with Gasteiger partial charge in [-0.1, -0.05) is 39.0 Å². The second kappa shape index (κ2) is 12.0. The number of carbonyl (C=O) groups excluding carboxylic acids is 2. The molecule has 1 N–H and O–H groups in total. The number of piperazine rings is 1. The molecule has 1 aliphatic carbocycles.